The molecule has 0 aromatic heterocycles. The van der Waals surface area contributed by atoms with Crippen molar-refractivity contribution in [1.82, 2.24) is 10.2 Å². The molecule has 2 aromatic carbocycles. The Morgan fingerprint density at radius 1 is 1.19 bits per heavy atom. The summed E-state index contributed by atoms with van der Waals surface area (Å²) in [5.74, 6) is -0.162. The van der Waals surface area contributed by atoms with Crippen LogP contribution in [0.3, 0.4) is 0 Å². The Morgan fingerprint density at radius 2 is 1.85 bits per heavy atom. The number of ether oxygens (including phenoxy) is 1. The van der Waals surface area contributed by atoms with Crippen molar-refractivity contribution < 1.29 is 14.3 Å². The topological polar surface area (TPSA) is 84.7 Å². The van der Waals surface area contributed by atoms with Crippen molar-refractivity contribution in [3.63, 3.8) is 0 Å². The first-order chi connectivity index (χ1) is 12.8. The lowest BCUT2D eigenvalue weighted by Crippen LogP contribution is -2.39. The molecule has 0 fully saturated rings. The summed E-state index contributed by atoms with van der Waals surface area (Å²) in [5, 5.41) is 2.87. The number of nitrogens with zero attached hydrogens (tertiary/aromatic N) is 1. The lowest BCUT2D eigenvalue weighted by molar-refractivity contribution is 0.0229. The predicted octanol–water partition coefficient (Wildman–Crippen LogP) is 2.83. The van der Waals surface area contributed by atoms with Gasteiger partial charge in [0.1, 0.15) is 0 Å². The molecule has 3 N–H and O–H groups in total. The minimum absolute atomic E-state index is 0.162. The van der Waals surface area contributed by atoms with Crippen LogP contribution in [0.25, 0.3) is 0 Å². The molecule has 0 spiro atoms. The van der Waals surface area contributed by atoms with E-state index in [1.165, 1.54) is 0 Å². The molecule has 6 nitrogen and oxygen atoms in total. The van der Waals surface area contributed by atoms with Crippen molar-refractivity contribution in [3.05, 3.63) is 70.8 Å². The van der Waals surface area contributed by atoms with Crippen LogP contribution in [0.15, 0.2) is 48.5 Å². The van der Waals surface area contributed by atoms with Gasteiger partial charge in [-0.25, -0.2) is 4.79 Å². The monoisotopic (exact) mass is 367 g/mol. The van der Waals surface area contributed by atoms with Gasteiger partial charge in [0.2, 0.25) is 0 Å². The van der Waals surface area contributed by atoms with Gasteiger partial charge in [-0.05, 0) is 42.7 Å². The lowest BCUT2D eigenvalue weighted by atomic mass is 9.97. The van der Waals surface area contributed by atoms with Crippen LogP contribution in [0.2, 0.25) is 0 Å². The van der Waals surface area contributed by atoms with Gasteiger partial charge in [-0.2, -0.15) is 0 Å². The molecule has 0 saturated carbocycles. The number of methoxy groups -OCH3 is 1. The molecule has 1 aliphatic heterocycles. The van der Waals surface area contributed by atoms with Gasteiger partial charge >= 0.3 is 6.03 Å². The number of rotatable bonds is 5. The van der Waals surface area contributed by atoms with Crippen LogP contribution in [0, 0.1) is 0 Å². The van der Waals surface area contributed by atoms with E-state index in [2.05, 4.69) is 5.32 Å². The standard InChI is InChI=1S/C21H25N3O3/c1-21(2,27-3)13-23-19(25)15-10-8-14(9-11-15)18-17-7-5-4-6-16(17)12-24(18)20(22)26/h4-11,18H,12-13H2,1-3H3,(H2,22,26)(H,23,25). The number of carbonyl (C=O) groups excluding carboxylic acids is 2. The van der Waals surface area contributed by atoms with Gasteiger partial charge in [0.15, 0.2) is 0 Å². The average molecular weight is 367 g/mol. The number of amides is 3. The van der Waals surface area contributed by atoms with Crippen molar-refractivity contribution in [2.45, 2.75) is 32.0 Å². The van der Waals surface area contributed by atoms with E-state index in [0.717, 1.165) is 16.7 Å². The highest BCUT2D eigenvalue weighted by Gasteiger charge is 2.33. The number of hydrogen-bond acceptors (Lipinski definition) is 3. The molecule has 1 aliphatic rings. The van der Waals surface area contributed by atoms with Gasteiger partial charge in [-0.15, -0.1) is 0 Å². The van der Waals surface area contributed by atoms with E-state index in [0.29, 0.717) is 18.7 Å². The van der Waals surface area contributed by atoms with Crippen molar-refractivity contribution in [3.8, 4) is 0 Å². The third-order valence-electron chi connectivity index (χ3n) is 5.00. The van der Waals surface area contributed by atoms with Crippen molar-refractivity contribution in [2.24, 2.45) is 5.73 Å². The van der Waals surface area contributed by atoms with Crippen LogP contribution < -0.4 is 11.1 Å². The van der Waals surface area contributed by atoms with Crippen LogP contribution in [0.4, 0.5) is 4.79 Å². The van der Waals surface area contributed by atoms with Crippen LogP contribution >= 0.6 is 0 Å². The Kier molecular flexibility index (Phi) is 5.19. The fraction of sp³-hybridized carbons (Fsp3) is 0.333. The smallest absolute Gasteiger partial charge is 0.315 e. The molecule has 3 amide bonds. The molecule has 3 rings (SSSR count). The Balaban J connectivity index is 1.80. The van der Waals surface area contributed by atoms with Crippen LogP contribution in [-0.4, -0.2) is 36.1 Å². The Hall–Kier alpha value is -2.86. The summed E-state index contributed by atoms with van der Waals surface area (Å²) in [6.45, 7) is 4.72. The van der Waals surface area contributed by atoms with E-state index in [4.69, 9.17) is 10.5 Å². The lowest BCUT2D eigenvalue weighted by Gasteiger charge is -2.24. The summed E-state index contributed by atoms with van der Waals surface area (Å²) in [4.78, 5) is 25.9. The molecule has 0 radical (unpaired) electrons. The highest BCUT2D eigenvalue weighted by Crippen LogP contribution is 2.38. The zero-order valence-corrected chi connectivity index (χ0v) is 15.9. The molecule has 0 saturated heterocycles. The molecular weight excluding hydrogens is 342 g/mol. The molecule has 1 atom stereocenters. The third kappa shape index (κ3) is 3.95. The minimum atomic E-state index is -0.459. The van der Waals surface area contributed by atoms with Gasteiger partial charge < -0.3 is 20.7 Å². The normalized spacial score (nSPS) is 16.1. The first-order valence-electron chi connectivity index (χ1n) is 8.89. The Bertz CT molecular complexity index is 846. The van der Waals surface area contributed by atoms with Gasteiger partial charge in [0.05, 0.1) is 11.6 Å². The summed E-state index contributed by atoms with van der Waals surface area (Å²) >= 11 is 0. The van der Waals surface area contributed by atoms with Crippen LogP contribution in [0.5, 0.6) is 0 Å². The number of fused-ring (bicyclic) bond motifs is 1. The number of carbonyl (C=O) groups is 2. The average Bonchev–Trinajstić information content (AvgIpc) is 3.06. The number of nitrogens with two attached hydrogens (primary N) is 1. The largest absolute Gasteiger partial charge is 0.377 e. The summed E-state index contributed by atoms with van der Waals surface area (Å²) in [6.07, 6.45) is 0. The summed E-state index contributed by atoms with van der Waals surface area (Å²) in [5.41, 5.74) is 8.80. The van der Waals surface area contributed by atoms with Crippen LogP contribution in [-0.2, 0) is 11.3 Å². The zero-order chi connectivity index (χ0) is 19.6. The predicted molar refractivity (Wildman–Crippen MR) is 103 cm³/mol. The summed E-state index contributed by atoms with van der Waals surface area (Å²) in [6, 6.07) is 14.5. The third-order valence-corrected chi connectivity index (χ3v) is 5.00. The number of primary amides is 1. The van der Waals surface area contributed by atoms with Gasteiger partial charge in [-0.1, -0.05) is 36.4 Å². The first kappa shape index (κ1) is 18.9. The summed E-state index contributed by atoms with van der Waals surface area (Å²) in [7, 11) is 1.62. The van der Waals surface area contributed by atoms with Crippen molar-refractivity contribution in [2.75, 3.05) is 13.7 Å². The minimum Gasteiger partial charge on any atom is -0.377 e. The van der Waals surface area contributed by atoms with E-state index in [1.54, 1.807) is 24.1 Å². The fourth-order valence-electron chi connectivity index (χ4n) is 3.24. The van der Waals surface area contributed by atoms with Crippen LogP contribution in [0.1, 0.15) is 46.9 Å². The van der Waals surface area contributed by atoms with Crippen molar-refractivity contribution >= 4 is 11.9 Å². The second kappa shape index (κ2) is 7.40. The van der Waals surface area contributed by atoms with Gasteiger partial charge in [0.25, 0.3) is 5.91 Å². The molecule has 27 heavy (non-hydrogen) atoms. The molecule has 142 valence electrons. The molecule has 1 heterocycles. The zero-order valence-electron chi connectivity index (χ0n) is 15.9. The van der Waals surface area contributed by atoms with Gasteiger partial charge in [-0.3, -0.25) is 4.79 Å². The number of urea groups is 1. The molecule has 6 heteroatoms. The SMILES string of the molecule is COC(C)(C)CNC(=O)c1ccc(C2c3ccccc3CN2C(N)=O)cc1. The van der Waals surface area contributed by atoms with E-state index in [1.807, 2.05) is 50.2 Å². The Morgan fingerprint density at radius 3 is 2.48 bits per heavy atom. The number of hydrogen-bond donors (Lipinski definition) is 2. The maximum Gasteiger partial charge on any atom is 0.315 e. The van der Waals surface area contributed by atoms with E-state index in [-0.39, 0.29) is 11.9 Å². The summed E-state index contributed by atoms with van der Waals surface area (Å²) < 4.78 is 5.31. The highest BCUT2D eigenvalue weighted by atomic mass is 16.5. The second-order valence-electron chi connectivity index (χ2n) is 7.34. The maximum atomic E-state index is 12.4. The molecule has 0 aliphatic carbocycles. The number of benzene rings is 2. The number of nitrogens with one attached hydrogen (secondary N) is 1. The highest BCUT2D eigenvalue weighted by molar-refractivity contribution is 5.94. The quantitative estimate of drug-likeness (QED) is 0.852. The first-order valence-corrected chi connectivity index (χ1v) is 8.89. The Labute approximate surface area is 159 Å². The molecule has 1 unspecified atom stereocenters. The molecule has 0 bridgehead atoms. The second-order valence-corrected chi connectivity index (χ2v) is 7.34. The van der Waals surface area contributed by atoms with Crippen molar-refractivity contribution in [1.29, 1.82) is 0 Å². The van der Waals surface area contributed by atoms with Gasteiger partial charge in [0, 0.05) is 25.8 Å². The fourth-order valence-corrected chi connectivity index (χ4v) is 3.24. The van der Waals surface area contributed by atoms with E-state index >= 15 is 0 Å². The van der Waals surface area contributed by atoms with E-state index in [9.17, 15) is 9.59 Å². The maximum absolute atomic E-state index is 12.4. The molecule has 2 aromatic rings. The van der Waals surface area contributed by atoms with E-state index < -0.39 is 11.6 Å². The molecular formula is C21H25N3O3.